The van der Waals surface area contributed by atoms with Gasteiger partial charge in [-0.05, 0) is 30.7 Å². The minimum absolute atomic E-state index is 0.0839. The molecule has 0 spiro atoms. The smallest absolute Gasteiger partial charge is 0.298 e. The molecule has 1 N–H and O–H groups in total. The lowest BCUT2D eigenvalue weighted by Crippen LogP contribution is -2.48. The van der Waals surface area contributed by atoms with Gasteiger partial charge in [0.2, 0.25) is 5.91 Å². The number of benzene rings is 2. The lowest BCUT2D eigenvalue weighted by Gasteiger charge is -2.36. The molecule has 0 radical (unpaired) electrons. The van der Waals surface area contributed by atoms with Crippen LogP contribution >= 0.6 is 11.6 Å². The second kappa shape index (κ2) is 10.4. The van der Waals surface area contributed by atoms with E-state index in [0.29, 0.717) is 66.3 Å². The van der Waals surface area contributed by atoms with E-state index in [2.05, 4.69) is 16.9 Å². The number of pyridine rings is 1. The fraction of sp³-hybridized carbons (Fsp3) is 0.269. The highest BCUT2D eigenvalue weighted by atomic mass is 35.5. The van der Waals surface area contributed by atoms with Gasteiger partial charge in [0.25, 0.3) is 6.47 Å². The second-order valence-electron chi connectivity index (χ2n) is 8.23. The van der Waals surface area contributed by atoms with E-state index in [0.717, 1.165) is 0 Å². The van der Waals surface area contributed by atoms with Crippen LogP contribution < -0.4 is 19.7 Å². The van der Waals surface area contributed by atoms with Crippen molar-refractivity contribution in [2.75, 3.05) is 50.6 Å². The van der Waals surface area contributed by atoms with Crippen LogP contribution in [-0.4, -0.2) is 62.6 Å². The highest BCUT2D eigenvalue weighted by molar-refractivity contribution is 6.34. The average molecular weight is 513 g/mol. The van der Waals surface area contributed by atoms with Crippen molar-refractivity contribution in [3.63, 3.8) is 0 Å². The van der Waals surface area contributed by atoms with Gasteiger partial charge in [-0.2, -0.15) is 0 Å². The number of fused-ring (bicyclic) bond motifs is 1. The summed E-state index contributed by atoms with van der Waals surface area (Å²) in [5, 5.41) is 3.56. The molecule has 0 aliphatic carbocycles. The van der Waals surface area contributed by atoms with Crippen molar-refractivity contribution in [3.05, 3.63) is 53.5 Å². The van der Waals surface area contributed by atoms with Crippen molar-refractivity contribution >= 4 is 46.3 Å². The van der Waals surface area contributed by atoms with Crippen LogP contribution in [0.15, 0.2) is 37.1 Å². The highest BCUT2D eigenvalue weighted by Gasteiger charge is 2.28. The van der Waals surface area contributed by atoms with Gasteiger partial charge in [0, 0.05) is 49.7 Å². The quantitative estimate of drug-likeness (QED) is 0.370. The summed E-state index contributed by atoms with van der Waals surface area (Å²) in [5.41, 5.74) is 2.36. The molecule has 1 aromatic heterocycles. The Kier molecular flexibility index (Phi) is 7.30. The number of aromatic nitrogens is 1. The molecule has 1 saturated heterocycles. The molecule has 0 unspecified atom stereocenters. The number of halogens is 2. The van der Waals surface area contributed by atoms with E-state index in [1.165, 1.54) is 19.4 Å². The SMILES string of the molecule is C=CC(=O)N1CCN(c2c(OC)cnc3c(F)c(-c4c(C)ccc(NC)c4OC=O)c(Cl)cc23)CC1. The maximum Gasteiger partial charge on any atom is 0.298 e. The first-order valence-electron chi connectivity index (χ1n) is 11.3. The van der Waals surface area contributed by atoms with Crippen molar-refractivity contribution in [3.8, 4) is 22.6 Å². The molecule has 10 heteroatoms. The van der Waals surface area contributed by atoms with Crippen molar-refractivity contribution in [1.29, 1.82) is 0 Å². The minimum atomic E-state index is -0.644. The Hall–Kier alpha value is -3.85. The van der Waals surface area contributed by atoms with Crippen LogP contribution in [0, 0.1) is 12.7 Å². The van der Waals surface area contributed by atoms with E-state index >= 15 is 4.39 Å². The third-order valence-corrected chi connectivity index (χ3v) is 6.64. The Morgan fingerprint density at radius 1 is 1.25 bits per heavy atom. The summed E-state index contributed by atoms with van der Waals surface area (Å²) in [7, 11) is 3.19. The Morgan fingerprint density at radius 2 is 1.97 bits per heavy atom. The van der Waals surface area contributed by atoms with Gasteiger partial charge in [0.15, 0.2) is 17.3 Å². The number of rotatable bonds is 7. The number of nitrogens with one attached hydrogen (secondary N) is 1. The van der Waals surface area contributed by atoms with Crippen LogP contribution in [0.2, 0.25) is 5.02 Å². The number of nitrogens with zero attached hydrogens (tertiary/aromatic N) is 3. The van der Waals surface area contributed by atoms with Gasteiger partial charge < -0.3 is 24.6 Å². The van der Waals surface area contributed by atoms with E-state index in [1.54, 1.807) is 37.1 Å². The molecule has 1 aliphatic rings. The first kappa shape index (κ1) is 25.2. The molecule has 1 aliphatic heterocycles. The van der Waals surface area contributed by atoms with E-state index in [9.17, 15) is 9.59 Å². The van der Waals surface area contributed by atoms with E-state index in [1.807, 2.05) is 4.90 Å². The molecule has 1 fully saturated rings. The molecule has 0 bridgehead atoms. The molecule has 1 amide bonds. The van der Waals surface area contributed by atoms with Gasteiger partial charge in [-0.25, -0.2) is 9.37 Å². The Morgan fingerprint density at radius 3 is 2.58 bits per heavy atom. The van der Waals surface area contributed by atoms with Gasteiger partial charge >= 0.3 is 0 Å². The van der Waals surface area contributed by atoms with Gasteiger partial charge in [0.1, 0.15) is 5.52 Å². The number of anilines is 2. The molecule has 188 valence electrons. The Labute approximate surface area is 213 Å². The third kappa shape index (κ3) is 4.30. The van der Waals surface area contributed by atoms with Crippen LogP contribution in [0.3, 0.4) is 0 Å². The summed E-state index contributed by atoms with van der Waals surface area (Å²) in [4.78, 5) is 31.3. The summed E-state index contributed by atoms with van der Waals surface area (Å²) < 4.78 is 27.0. The topological polar surface area (TPSA) is 84.0 Å². The monoisotopic (exact) mass is 512 g/mol. The van der Waals surface area contributed by atoms with Crippen LogP contribution in [0.1, 0.15) is 5.56 Å². The summed E-state index contributed by atoms with van der Waals surface area (Å²) >= 11 is 6.72. The first-order chi connectivity index (χ1) is 17.4. The molecule has 4 rings (SSSR count). The molecule has 0 saturated carbocycles. The molecular weight excluding hydrogens is 487 g/mol. The van der Waals surface area contributed by atoms with Gasteiger partial charge in [-0.1, -0.05) is 24.2 Å². The van der Waals surface area contributed by atoms with Crippen molar-refractivity contribution < 1.29 is 23.5 Å². The van der Waals surface area contributed by atoms with Crippen LogP contribution in [0.4, 0.5) is 15.8 Å². The lowest BCUT2D eigenvalue weighted by molar-refractivity contribution is -0.126. The predicted octanol–water partition coefficient (Wildman–Crippen LogP) is 4.42. The van der Waals surface area contributed by atoms with Crippen LogP contribution in [-0.2, 0) is 9.59 Å². The Balaban J connectivity index is 1.90. The summed E-state index contributed by atoms with van der Waals surface area (Å²) in [6.07, 6.45) is 2.77. The van der Waals surface area contributed by atoms with Gasteiger partial charge in [-0.15, -0.1) is 0 Å². The second-order valence-corrected chi connectivity index (χ2v) is 8.64. The van der Waals surface area contributed by atoms with E-state index in [-0.39, 0.29) is 27.8 Å². The highest BCUT2D eigenvalue weighted by Crippen LogP contribution is 2.47. The molecule has 8 nitrogen and oxygen atoms in total. The number of ether oxygens (including phenoxy) is 2. The number of hydrogen-bond donors (Lipinski definition) is 1. The maximum absolute atomic E-state index is 16.2. The molecule has 3 aromatic rings. The number of aryl methyl sites for hydroxylation is 1. The number of methoxy groups -OCH3 is 1. The van der Waals surface area contributed by atoms with Crippen molar-refractivity contribution in [2.45, 2.75) is 6.92 Å². The van der Waals surface area contributed by atoms with E-state index < -0.39 is 5.82 Å². The largest absolute Gasteiger partial charge is 0.493 e. The molecule has 36 heavy (non-hydrogen) atoms. The van der Waals surface area contributed by atoms with Crippen molar-refractivity contribution in [1.82, 2.24) is 9.88 Å². The standard InChI is InChI=1S/C26H26ClFN4O4/c1-5-20(34)31-8-10-32(11-9-31)25-16-12-17(27)22(23(28)24(16)30-13-19(25)35-4)21-15(2)6-7-18(29-3)26(21)36-14-33/h5-7,12-14,29H,1,8-11H2,2-4H3. The predicted molar refractivity (Wildman–Crippen MR) is 139 cm³/mol. The number of hydrogen-bond acceptors (Lipinski definition) is 7. The minimum Gasteiger partial charge on any atom is -0.493 e. The molecular formula is C26H26ClFN4O4. The summed E-state index contributed by atoms with van der Waals surface area (Å²) in [5.74, 6) is -0.140. The van der Waals surface area contributed by atoms with Gasteiger partial charge in [-0.3, -0.25) is 9.59 Å². The zero-order valence-electron chi connectivity index (χ0n) is 20.2. The maximum atomic E-state index is 16.2. The molecule has 2 heterocycles. The van der Waals surface area contributed by atoms with E-state index in [4.69, 9.17) is 21.1 Å². The summed E-state index contributed by atoms with van der Waals surface area (Å²) in [6, 6.07) is 5.18. The third-order valence-electron chi connectivity index (χ3n) is 6.35. The Bertz CT molecular complexity index is 1360. The molecule has 0 atom stereocenters. The zero-order valence-corrected chi connectivity index (χ0v) is 21.0. The fourth-order valence-corrected chi connectivity index (χ4v) is 4.86. The van der Waals surface area contributed by atoms with Crippen LogP contribution in [0.25, 0.3) is 22.0 Å². The normalized spacial score (nSPS) is 13.5. The fourth-order valence-electron chi connectivity index (χ4n) is 4.58. The van der Waals surface area contributed by atoms with Crippen molar-refractivity contribution in [2.24, 2.45) is 0 Å². The van der Waals surface area contributed by atoms with Gasteiger partial charge in [0.05, 0.1) is 29.7 Å². The summed E-state index contributed by atoms with van der Waals surface area (Å²) in [6.45, 7) is 7.61. The number of amides is 1. The lowest BCUT2D eigenvalue weighted by atomic mass is 9.95. The number of carbonyl (C=O) groups is 2. The number of piperazine rings is 1. The zero-order chi connectivity index (χ0) is 26.0. The molecule has 2 aromatic carbocycles. The average Bonchev–Trinajstić information content (AvgIpc) is 2.89. The van der Waals surface area contributed by atoms with Crippen LogP contribution in [0.5, 0.6) is 11.5 Å². The number of carbonyl (C=O) groups excluding carboxylic acids is 2. The first-order valence-corrected chi connectivity index (χ1v) is 11.7.